The van der Waals surface area contributed by atoms with E-state index in [-0.39, 0.29) is 11.8 Å². The molecule has 1 aromatic rings. The molecular formula is C14H19N4O2S+. The first kappa shape index (κ1) is 15.5. The van der Waals surface area contributed by atoms with Crippen molar-refractivity contribution in [1.82, 2.24) is 4.90 Å². The average Bonchev–Trinajstić information content (AvgIpc) is 2.92. The van der Waals surface area contributed by atoms with E-state index < -0.39 is 0 Å². The number of anilines is 1. The van der Waals surface area contributed by atoms with E-state index >= 15 is 0 Å². The number of hydrogen-bond acceptors (Lipinski definition) is 4. The molecule has 1 aliphatic heterocycles. The monoisotopic (exact) mass is 307 g/mol. The van der Waals surface area contributed by atoms with Crippen molar-refractivity contribution in [2.75, 3.05) is 38.0 Å². The summed E-state index contributed by atoms with van der Waals surface area (Å²) in [5.41, 5.74) is 0.510. The van der Waals surface area contributed by atoms with Gasteiger partial charge in [0.1, 0.15) is 11.1 Å². The Morgan fingerprint density at radius 3 is 2.81 bits per heavy atom. The molecule has 2 amide bonds. The number of rotatable bonds is 4. The molecule has 1 fully saturated rings. The first-order valence-corrected chi connectivity index (χ1v) is 7.84. The number of nitrogens with zero attached hydrogens (tertiary/aromatic N) is 2. The molecule has 0 saturated carbocycles. The second-order valence-electron chi connectivity index (χ2n) is 5.08. The zero-order chi connectivity index (χ0) is 15.2. The summed E-state index contributed by atoms with van der Waals surface area (Å²) >= 11 is 1.36. The van der Waals surface area contributed by atoms with Gasteiger partial charge in [-0.2, -0.15) is 5.26 Å². The van der Waals surface area contributed by atoms with Gasteiger partial charge in [-0.1, -0.05) is 0 Å². The van der Waals surface area contributed by atoms with Crippen LogP contribution in [0, 0.1) is 11.3 Å². The molecule has 7 heteroatoms. The predicted molar refractivity (Wildman–Crippen MR) is 80.1 cm³/mol. The fraction of sp³-hybridized carbons (Fsp3) is 0.500. The lowest BCUT2D eigenvalue weighted by molar-refractivity contribution is -0.903. The third-order valence-corrected chi connectivity index (χ3v) is 4.49. The summed E-state index contributed by atoms with van der Waals surface area (Å²) in [6.45, 7) is 5.63. The van der Waals surface area contributed by atoms with Crippen molar-refractivity contribution in [3.05, 3.63) is 17.0 Å². The molecular weight excluding hydrogens is 288 g/mol. The summed E-state index contributed by atoms with van der Waals surface area (Å²) < 4.78 is 0. The minimum absolute atomic E-state index is 0.0598. The van der Waals surface area contributed by atoms with Crippen LogP contribution in [0.1, 0.15) is 18.9 Å². The highest BCUT2D eigenvalue weighted by atomic mass is 32.1. The Kier molecular flexibility index (Phi) is 5.31. The van der Waals surface area contributed by atoms with Crippen LogP contribution in [0.25, 0.3) is 0 Å². The van der Waals surface area contributed by atoms with Crippen LogP contribution in [-0.2, 0) is 9.59 Å². The van der Waals surface area contributed by atoms with E-state index in [1.165, 1.54) is 16.2 Å². The van der Waals surface area contributed by atoms with E-state index in [2.05, 4.69) is 11.4 Å². The molecule has 112 valence electrons. The fourth-order valence-electron chi connectivity index (χ4n) is 2.36. The Labute approximate surface area is 128 Å². The highest BCUT2D eigenvalue weighted by molar-refractivity contribution is 7.14. The quantitative estimate of drug-likeness (QED) is 0.801. The summed E-state index contributed by atoms with van der Waals surface area (Å²) in [5.74, 6) is 0.0592. The molecule has 0 radical (unpaired) electrons. The summed E-state index contributed by atoms with van der Waals surface area (Å²) in [5, 5.41) is 14.1. The van der Waals surface area contributed by atoms with Crippen LogP contribution in [0.5, 0.6) is 0 Å². The Hall–Kier alpha value is -1.91. The number of amides is 2. The Morgan fingerprint density at radius 2 is 2.19 bits per heavy atom. The van der Waals surface area contributed by atoms with Crippen molar-refractivity contribution < 1.29 is 14.5 Å². The lowest BCUT2D eigenvalue weighted by Gasteiger charge is -2.31. The van der Waals surface area contributed by atoms with E-state index in [9.17, 15) is 9.59 Å². The second kappa shape index (κ2) is 7.20. The molecule has 0 spiro atoms. The highest BCUT2D eigenvalue weighted by Crippen LogP contribution is 2.21. The molecule has 0 aromatic carbocycles. The van der Waals surface area contributed by atoms with Gasteiger partial charge < -0.3 is 15.1 Å². The molecule has 1 aromatic heterocycles. The van der Waals surface area contributed by atoms with Crippen LogP contribution in [0.4, 0.5) is 5.00 Å². The van der Waals surface area contributed by atoms with E-state index in [0.29, 0.717) is 17.0 Å². The minimum Gasteiger partial charge on any atom is -0.332 e. The van der Waals surface area contributed by atoms with E-state index in [1.54, 1.807) is 18.4 Å². The zero-order valence-corrected chi connectivity index (χ0v) is 12.8. The normalized spacial score (nSPS) is 15.5. The number of nitrogens with one attached hydrogen (secondary N) is 2. The van der Waals surface area contributed by atoms with Crippen molar-refractivity contribution in [2.45, 2.75) is 13.3 Å². The molecule has 0 atom stereocenters. The van der Waals surface area contributed by atoms with Gasteiger partial charge in [-0.05, 0) is 11.4 Å². The highest BCUT2D eigenvalue weighted by Gasteiger charge is 2.21. The largest absolute Gasteiger partial charge is 0.332 e. The number of piperazine rings is 1. The van der Waals surface area contributed by atoms with Crippen LogP contribution >= 0.6 is 11.3 Å². The van der Waals surface area contributed by atoms with Crippen molar-refractivity contribution in [3.8, 4) is 6.07 Å². The van der Waals surface area contributed by atoms with Gasteiger partial charge in [0.25, 0.3) is 0 Å². The number of hydrogen-bond donors (Lipinski definition) is 2. The lowest BCUT2D eigenvalue weighted by Crippen LogP contribution is -3.15. The van der Waals surface area contributed by atoms with Gasteiger partial charge in [-0.25, -0.2) is 0 Å². The van der Waals surface area contributed by atoms with Crippen molar-refractivity contribution in [2.24, 2.45) is 0 Å². The van der Waals surface area contributed by atoms with E-state index in [4.69, 9.17) is 5.26 Å². The van der Waals surface area contributed by atoms with E-state index in [0.717, 1.165) is 32.7 Å². The SMILES string of the molecule is CC(=O)N1CC[NH+](CCC(=O)Nc2sccc2C#N)CC1. The van der Waals surface area contributed by atoms with Crippen molar-refractivity contribution >= 4 is 28.2 Å². The molecule has 6 nitrogen and oxygen atoms in total. The third kappa shape index (κ3) is 4.28. The van der Waals surface area contributed by atoms with Crippen LogP contribution in [0.2, 0.25) is 0 Å². The number of nitriles is 1. The maximum Gasteiger partial charge on any atom is 0.230 e. The maximum atomic E-state index is 11.9. The van der Waals surface area contributed by atoms with Gasteiger partial charge in [0.2, 0.25) is 11.8 Å². The number of carbonyl (C=O) groups excluding carboxylic acids is 2. The first-order valence-electron chi connectivity index (χ1n) is 6.96. The van der Waals surface area contributed by atoms with Crippen LogP contribution in [-0.4, -0.2) is 49.4 Å². The summed E-state index contributed by atoms with van der Waals surface area (Å²) in [6.07, 6.45) is 0.429. The van der Waals surface area contributed by atoms with Crippen LogP contribution in [0.15, 0.2) is 11.4 Å². The molecule has 1 saturated heterocycles. The second-order valence-corrected chi connectivity index (χ2v) is 6.00. The molecule has 2 heterocycles. The number of thiophene rings is 1. The zero-order valence-electron chi connectivity index (χ0n) is 12.0. The first-order chi connectivity index (χ1) is 10.1. The average molecular weight is 307 g/mol. The molecule has 0 unspecified atom stereocenters. The molecule has 0 bridgehead atoms. The molecule has 2 N–H and O–H groups in total. The number of quaternary nitrogens is 1. The third-order valence-electron chi connectivity index (χ3n) is 3.66. The van der Waals surface area contributed by atoms with Crippen molar-refractivity contribution in [1.29, 1.82) is 5.26 Å². The lowest BCUT2D eigenvalue weighted by atomic mass is 10.2. The standard InChI is InChI=1S/C14H18N4O2S/c1-11(19)18-7-5-17(6-8-18)4-2-13(20)16-14-12(10-15)3-9-21-14/h3,9H,2,4-8H2,1H3,(H,16,20)/p+1. The van der Waals surface area contributed by atoms with Gasteiger partial charge in [0, 0.05) is 6.92 Å². The topological polar surface area (TPSA) is 77.6 Å². The van der Waals surface area contributed by atoms with Gasteiger partial charge in [0.05, 0.1) is 44.7 Å². The Balaban J connectivity index is 1.73. The predicted octanol–water partition coefficient (Wildman–Crippen LogP) is -0.305. The van der Waals surface area contributed by atoms with Gasteiger partial charge in [-0.3, -0.25) is 9.59 Å². The van der Waals surface area contributed by atoms with Gasteiger partial charge in [0.15, 0.2) is 0 Å². The summed E-state index contributed by atoms with van der Waals surface area (Å²) in [7, 11) is 0. The Bertz CT molecular complexity index is 556. The Morgan fingerprint density at radius 1 is 1.48 bits per heavy atom. The fourth-order valence-corrected chi connectivity index (χ4v) is 3.12. The summed E-state index contributed by atoms with van der Waals surface area (Å²) in [4.78, 5) is 26.3. The van der Waals surface area contributed by atoms with Gasteiger partial charge in [-0.15, -0.1) is 11.3 Å². The van der Waals surface area contributed by atoms with Crippen LogP contribution < -0.4 is 10.2 Å². The van der Waals surface area contributed by atoms with Crippen molar-refractivity contribution in [3.63, 3.8) is 0 Å². The maximum absolute atomic E-state index is 11.9. The molecule has 21 heavy (non-hydrogen) atoms. The number of carbonyl (C=O) groups is 2. The smallest absolute Gasteiger partial charge is 0.230 e. The van der Waals surface area contributed by atoms with E-state index in [1.807, 2.05) is 4.90 Å². The van der Waals surface area contributed by atoms with Gasteiger partial charge >= 0.3 is 0 Å². The molecule has 1 aliphatic rings. The summed E-state index contributed by atoms with van der Waals surface area (Å²) in [6, 6.07) is 3.76. The minimum atomic E-state index is -0.0598. The van der Waals surface area contributed by atoms with Crippen LogP contribution in [0.3, 0.4) is 0 Å². The molecule has 2 rings (SSSR count). The molecule has 0 aliphatic carbocycles.